The number of amides is 1. The SMILES string of the molecule is COc1cc(NC(=O)c2ccnc(F)c2F)c(Br)cc1Br. The Morgan fingerprint density at radius 3 is 2.67 bits per heavy atom. The minimum atomic E-state index is -1.32. The van der Waals surface area contributed by atoms with Crippen molar-refractivity contribution >= 4 is 43.5 Å². The Morgan fingerprint density at radius 1 is 1.29 bits per heavy atom. The van der Waals surface area contributed by atoms with Crippen LogP contribution in [0.5, 0.6) is 5.75 Å². The van der Waals surface area contributed by atoms with Gasteiger partial charge in [0, 0.05) is 16.7 Å². The molecule has 0 atom stereocenters. The Bertz CT molecular complexity index is 711. The summed E-state index contributed by atoms with van der Waals surface area (Å²) in [6.07, 6.45) is 1.02. The van der Waals surface area contributed by atoms with Crippen LogP contribution in [0.15, 0.2) is 33.3 Å². The molecule has 0 aliphatic rings. The third-order valence-electron chi connectivity index (χ3n) is 2.58. The zero-order valence-electron chi connectivity index (χ0n) is 10.6. The lowest BCUT2D eigenvalue weighted by molar-refractivity contribution is 0.102. The van der Waals surface area contributed by atoms with Gasteiger partial charge in [0.1, 0.15) is 5.75 Å². The van der Waals surface area contributed by atoms with Gasteiger partial charge in [-0.25, -0.2) is 9.37 Å². The number of nitrogens with one attached hydrogen (secondary N) is 1. The van der Waals surface area contributed by atoms with Gasteiger partial charge in [0.15, 0.2) is 5.82 Å². The summed E-state index contributed by atoms with van der Waals surface area (Å²) in [5, 5.41) is 2.48. The van der Waals surface area contributed by atoms with E-state index in [1.54, 1.807) is 12.1 Å². The monoisotopic (exact) mass is 420 g/mol. The van der Waals surface area contributed by atoms with Gasteiger partial charge >= 0.3 is 0 Å². The molecular weight excluding hydrogens is 414 g/mol. The Balaban J connectivity index is 2.34. The van der Waals surface area contributed by atoms with Gasteiger partial charge < -0.3 is 10.1 Å². The largest absolute Gasteiger partial charge is 0.495 e. The molecule has 2 rings (SSSR count). The van der Waals surface area contributed by atoms with E-state index < -0.39 is 23.2 Å². The highest BCUT2D eigenvalue weighted by atomic mass is 79.9. The van der Waals surface area contributed by atoms with Crippen molar-refractivity contribution in [3.05, 3.63) is 50.7 Å². The highest BCUT2D eigenvalue weighted by molar-refractivity contribution is 9.11. The zero-order valence-corrected chi connectivity index (χ0v) is 13.8. The molecule has 0 bridgehead atoms. The predicted molar refractivity (Wildman–Crippen MR) is 80.5 cm³/mol. The molecule has 1 aromatic heterocycles. The minimum Gasteiger partial charge on any atom is -0.495 e. The van der Waals surface area contributed by atoms with E-state index in [0.717, 1.165) is 12.3 Å². The second kappa shape index (κ2) is 6.48. The Hall–Kier alpha value is -1.54. The van der Waals surface area contributed by atoms with Crippen molar-refractivity contribution in [2.75, 3.05) is 12.4 Å². The van der Waals surface area contributed by atoms with Crippen molar-refractivity contribution in [1.82, 2.24) is 4.98 Å². The maximum Gasteiger partial charge on any atom is 0.258 e. The van der Waals surface area contributed by atoms with Gasteiger partial charge in [0.2, 0.25) is 5.95 Å². The Kier molecular flexibility index (Phi) is 4.89. The van der Waals surface area contributed by atoms with Crippen LogP contribution >= 0.6 is 31.9 Å². The predicted octanol–water partition coefficient (Wildman–Crippen LogP) is 4.15. The third kappa shape index (κ3) is 3.38. The first-order valence-corrected chi connectivity index (χ1v) is 7.17. The Labute approximate surface area is 135 Å². The standard InChI is InChI=1S/C13H8Br2F2N2O2/c1-21-10-5-9(7(14)4-8(10)15)19-13(20)6-2-3-18-12(17)11(6)16/h2-5H,1H3,(H,19,20). The van der Waals surface area contributed by atoms with Crippen LogP contribution < -0.4 is 10.1 Å². The summed E-state index contributed by atoms with van der Waals surface area (Å²) in [4.78, 5) is 15.1. The summed E-state index contributed by atoms with van der Waals surface area (Å²) in [5.41, 5.74) is -0.0760. The van der Waals surface area contributed by atoms with Crippen LogP contribution in [-0.4, -0.2) is 18.0 Å². The van der Waals surface area contributed by atoms with Crippen LogP contribution in [0.1, 0.15) is 10.4 Å². The molecule has 1 heterocycles. The topological polar surface area (TPSA) is 51.2 Å². The number of rotatable bonds is 3. The van der Waals surface area contributed by atoms with Gasteiger partial charge in [-0.2, -0.15) is 4.39 Å². The summed E-state index contributed by atoms with van der Waals surface area (Å²) in [7, 11) is 1.47. The van der Waals surface area contributed by atoms with Gasteiger partial charge in [-0.15, -0.1) is 0 Å². The number of hydrogen-bond donors (Lipinski definition) is 1. The Morgan fingerprint density at radius 2 is 2.00 bits per heavy atom. The minimum absolute atomic E-state index is 0.358. The molecule has 0 fully saturated rings. The molecule has 4 nitrogen and oxygen atoms in total. The second-order valence-electron chi connectivity index (χ2n) is 3.88. The van der Waals surface area contributed by atoms with Crippen LogP contribution in [0, 0.1) is 11.8 Å². The molecule has 1 N–H and O–H groups in total. The molecule has 1 amide bonds. The first-order valence-electron chi connectivity index (χ1n) is 5.58. The number of aromatic nitrogens is 1. The number of carbonyl (C=O) groups excluding carboxylic acids is 1. The number of ether oxygens (including phenoxy) is 1. The number of halogens is 4. The zero-order chi connectivity index (χ0) is 15.6. The molecule has 8 heteroatoms. The second-order valence-corrected chi connectivity index (χ2v) is 5.59. The number of pyridine rings is 1. The van der Waals surface area contributed by atoms with E-state index in [1.165, 1.54) is 7.11 Å². The van der Waals surface area contributed by atoms with E-state index in [0.29, 0.717) is 20.4 Å². The van der Waals surface area contributed by atoms with Crippen molar-refractivity contribution in [3.8, 4) is 5.75 Å². The fourth-order valence-corrected chi connectivity index (χ4v) is 2.82. The molecule has 0 aliphatic carbocycles. The lowest BCUT2D eigenvalue weighted by Crippen LogP contribution is -2.15. The highest BCUT2D eigenvalue weighted by Crippen LogP contribution is 2.34. The number of hydrogen-bond acceptors (Lipinski definition) is 3. The summed E-state index contributed by atoms with van der Waals surface area (Å²) in [5.74, 6) is -2.93. The lowest BCUT2D eigenvalue weighted by atomic mass is 10.2. The van der Waals surface area contributed by atoms with E-state index >= 15 is 0 Å². The summed E-state index contributed by atoms with van der Waals surface area (Å²) < 4.78 is 32.9. The van der Waals surface area contributed by atoms with Gasteiger partial charge in [0.25, 0.3) is 5.91 Å². The van der Waals surface area contributed by atoms with E-state index in [9.17, 15) is 13.6 Å². The summed E-state index contributed by atoms with van der Waals surface area (Å²) in [6, 6.07) is 4.30. The molecule has 110 valence electrons. The van der Waals surface area contributed by atoms with E-state index in [4.69, 9.17) is 4.74 Å². The number of carbonyl (C=O) groups is 1. The molecule has 0 unspecified atom stereocenters. The van der Waals surface area contributed by atoms with Crippen LogP contribution in [0.4, 0.5) is 14.5 Å². The maximum atomic E-state index is 13.5. The number of benzene rings is 1. The fourth-order valence-electron chi connectivity index (χ4n) is 1.56. The lowest BCUT2D eigenvalue weighted by Gasteiger charge is -2.11. The van der Waals surface area contributed by atoms with Crippen LogP contribution in [0.25, 0.3) is 0 Å². The van der Waals surface area contributed by atoms with Crippen molar-refractivity contribution in [2.45, 2.75) is 0 Å². The first-order chi connectivity index (χ1) is 9.93. The van der Waals surface area contributed by atoms with Gasteiger partial charge in [0.05, 0.1) is 22.8 Å². The molecule has 1 aromatic carbocycles. The average Bonchev–Trinajstić information content (AvgIpc) is 2.44. The molecule has 0 radical (unpaired) electrons. The van der Waals surface area contributed by atoms with Crippen molar-refractivity contribution in [3.63, 3.8) is 0 Å². The fraction of sp³-hybridized carbons (Fsp3) is 0.0769. The molecule has 0 saturated carbocycles. The smallest absolute Gasteiger partial charge is 0.258 e. The van der Waals surface area contributed by atoms with Crippen molar-refractivity contribution < 1.29 is 18.3 Å². The average molecular weight is 422 g/mol. The quantitative estimate of drug-likeness (QED) is 0.757. The molecule has 2 aromatic rings. The third-order valence-corrected chi connectivity index (χ3v) is 3.86. The van der Waals surface area contributed by atoms with Crippen LogP contribution in [-0.2, 0) is 0 Å². The summed E-state index contributed by atoms with van der Waals surface area (Å²) in [6.45, 7) is 0. The van der Waals surface area contributed by atoms with Gasteiger partial charge in [-0.05, 0) is 44.0 Å². The molecule has 0 spiro atoms. The van der Waals surface area contributed by atoms with Crippen molar-refractivity contribution in [2.24, 2.45) is 0 Å². The molecular formula is C13H8Br2F2N2O2. The molecule has 0 aliphatic heterocycles. The highest BCUT2D eigenvalue weighted by Gasteiger charge is 2.18. The molecule has 0 saturated heterocycles. The normalized spacial score (nSPS) is 10.3. The maximum absolute atomic E-state index is 13.5. The number of methoxy groups -OCH3 is 1. The van der Waals surface area contributed by atoms with Gasteiger partial charge in [-0.3, -0.25) is 4.79 Å². The van der Waals surface area contributed by atoms with Gasteiger partial charge in [-0.1, -0.05) is 0 Å². The first kappa shape index (κ1) is 15.8. The molecule has 21 heavy (non-hydrogen) atoms. The van der Waals surface area contributed by atoms with E-state index in [-0.39, 0.29) is 0 Å². The number of nitrogens with zero attached hydrogens (tertiary/aromatic N) is 1. The van der Waals surface area contributed by atoms with Crippen LogP contribution in [0.3, 0.4) is 0 Å². The van der Waals surface area contributed by atoms with E-state index in [1.807, 2.05) is 0 Å². The van der Waals surface area contributed by atoms with Crippen LogP contribution in [0.2, 0.25) is 0 Å². The number of anilines is 1. The summed E-state index contributed by atoms with van der Waals surface area (Å²) >= 11 is 6.55. The van der Waals surface area contributed by atoms with Crippen molar-refractivity contribution in [1.29, 1.82) is 0 Å². The van der Waals surface area contributed by atoms with E-state index in [2.05, 4.69) is 42.2 Å².